The van der Waals surface area contributed by atoms with Crippen molar-refractivity contribution in [2.24, 2.45) is 5.92 Å². The first-order valence-electron chi connectivity index (χ1n) is 8.40. The molecule has 1 unspecified atom stereocenters. The van der Waals surface area contributed by atoms with Gasteiger partial charge in [-0.05, 0) is 19.3 Å². The fourth-order valence-corrected chi connectivity index (χ4v) is 1.80. The third-order valence-corrected chi connectivity index (χ3v) is 3.27. The van der Waals surface area contributed by atoms with E-state index >= 15 is 0 Å². The average molecular weight is 339 g/mol. The van der Waals surface area contributed by atoms with Crippen LogP contribution in [0.2, 0.25) is 0 Å². The minimum Gasteiger partial charge on any atom is -0.453 e. The second kappa shape index (κ2) is 8.80. The molecule has 0 aromatic carbocycles. The molecule has 0 fully saturated rings. The highest BCUT2D eigenvalue weighted by Gasteiger charge is 2.21. The summed E-state index contributed by atoms with van der Waals surface area (Å²) in [5, 5.41) is 6.67. The molecule has 24 heavy (non-hydrogen) atoms. The van der Waals surface area contributed by atoms with Gasteiger partial charge in [0.1, 0.15) is 0 Å². The molecule has 1 heterocycles. The Labute approximate surface area is 143 Å². The minimum absolute atomic E-state index is 0.167. The molecular formula is C17H29N3O4. The second-order valence-electron chi connectivity index (χ2n) is 7.39. The van der Waals surface area contributed by atoms with Crippen LogP contribution in [-0.2, 0) is 26.2 Å². The van der Waals surface area contributed by atoms with Crippen molar-refractivity contribution in [2.75, 3.05) is 6.54 Å². The molecule has 1 atom stereocenters. The molecule has 1 N–H and O–H groups in total. The van der Waals surface area contributed by atoms with Gasteiger partial charge in [0.05, 0.1) is 0 Å². The van der Waals surface area contributed by atoms with Gasteiger partial charge in [-0.15, -0.1) is 0 Å². The highest BCUT2D eigenvalue weighted by atomic mass is 16.5. The Morgan fingerprint density at radius 2 is 1.92 bits per heavy atom. The summed E-state index contributed by atoms with van der Waals surface area (Å²) >= 11 is 0. The van der Waals surface area contributed by atoms with E-state index in [0.29, 0.717) is 37.0 Å². The maximum Gasteiger partial charge on any atom is 0.306 e. The number of carbonyl (C=O) groups excluding carboxylic acids is 2. The largest absolute Gasteiger partial charge is 0.453 e. The fourth-order valence-electron chi connectivity index (χ4n) is 1.80. The lowest BCUT2D eigenvalue weighted by atomic mass is 9.96. The Bertz CT molecular complexity index is 546. The summed E-state index contributed by atoms with van der Waals surface area (Å²) in [7, 11) is 0. The second-order valence-corrected chi connectivity index (χ2v) is 7.39. The SMILES string of the molecule is CC(C)CNC(=O)C(C)OC(=O)CCCc1nc(C(C)(C)C)no1. The molecule has 0 spiro atoms. The number of nitrogens with zero attached hydrogens (tertiary/aromatic N) is 2. The number of aromatic nitrogens is 2. The number of hydrogen-bond acceptors (Lipinski definition) is 6. The van der Waals surface area contributed by atoms with Gasteiger partial charge >= 0.3 is 5.97 Å². The van der Waals surface area contributed by atoms with Gasteiger partial charge in [-0.1, -0.05) is 39.8 Å². The zero-order valence-electron chi connectivity index (χ0n) is 15.5. The lowest BCUT2D eigenvalue weighted by Gasteiger charge is -2.14. The van der Waals surface area contributed by atoms with Crippen LogP contribution in [0.1, 0.15) is 66.1 Å². The Balaban J connectivity index is 2.31. The van der Waals surface area contributed by atoms with Gasteiger partial charge in [0.15, 0.2) is 11.9 Å². The normalized spacial score (nSPS) is 13.0. The van der Waals surface area contributed by atoms with Crippen molar-refractivity contribution in [1.29, 1.82) is 0 Å². The maximum atomic E-state index is 11.8. The number of amides is 1. The molecule has 1 aromatic rings. The van der Waals surface area contributed by atoms with Gasteiger partial charge in [-0.25, -0.2) is 0 Å². The van der Waals surface area contributed by atoms with Gasteiger partial charge in [-0.3, -0.25) is 9.59 Å². The number of ether oxygens (including phenoxy) is 1. The van der Waals surface area contributed by atoms with E-state index in [-0.39, 0.29) is 17.7 Å². The van der Waals surface area contributed by atoms with Crippen molar-refractivity contribution in [3.63, 3.8) is 0 Å². The monoisotopic (exact) mass is 339 g/mol. The molecule has 0 saturated carbocycles. The van der Waals surface area contributed by atoms with Crippen molar-refractivity contribution >= 4 is 11.9 Å². The van der Waals surface area contributed by atoms with Gasteiger partial charge in [0.2, 0.25) is 5.89 Å². The molecule has 0 aliphatic carbocycles. The number of hydrogen-bond donors (Lipinski definition) is 1. The first kappa shape index (κ1) is 20.1. The van der Waals surface area contributed by atoms with Gasteiger partial charge in [-0.2, -0.15) is 4.98 Å². The third-order valence-electron chi connectivity index (χ3n) is 3.27. The average Bonchev–Trinajstić information content (AvgIpc) is 2.93. The molecule has 1 aromatic heterocycles. The van der Waals surface area contributed by atoms with E-state index in [1.54, 1.807) is 6.92 Å². The fraction of sp³-hybridized carbons (Fsp3) is 0.765. The molecule has 7 nitrogen and oxygen atoms in total. The molecule has 0 aliphatic rings. The Morgan fingerprint density at radius 3 is 2.46 bits per heavy atom. The molecule has 0 saturated heterocycles. The summed E-state index contributed by atoms with van der Waals surface area (Å²) in [6.45, 7) is 12.1. The first-order valence-corrected chi connectivity index (χ1v) is 8.40. The third kappa shape index (κ3) is 7.10. The van der Waals surface area contributed by atoms with E-state index in [4.69, 9.17) is 9.26 Å². The van der Waals surface area contributed by atoms with Crippen molar-refractivity contribution in [3.05, 3.63) is 11.7 Å². The molecular weight excluding hydrogens is 310 g/mol. The first-order chi connectivity index (χ1) is 11.1. The number of rotatable bonds is 8. The number of aryl methyl sites for hydroxylation is 1. The summed E-state index contributed by atoms with van der Waals surface area (Å²) in [5.41, 5.74) is -0.167. The van der Waals surface area contributed by atoms with Gasteiger partial charge < -0.3 is 14.6 Å². The van der Waals surface area contributed by atoms with E-state index in [1.165, 1.54) is 0 Å². The Kier molecular flexibility index (Phi) is 7.38. The summed E-state index contributed by atoms with van der Waals surface area (Å²) < 4.78 is 10.3. The van der Waals surface area contributed by atoms with Crippen LogP contribution in [0.4, 0.5) is 0 Å². The van der Waals surface area contributed by atoms with Crippen LogP contribution >= 0.6 is 0 Å². The molecule has 0 bridgehead atoms. The maximum absolute atomic E-state index is 11.8. The molecule has 136 valence electrons. The molecule has 7 heteroatoms. The van der Waals surface area contributed by atoms with Crippen LogP contribution < -0.4 is 5.32 Å². The minimum atomic E-state index is -0.785. The summed E-state index contributed by atoms with van der Waals surface area (Å²) in [5.74, 6) is 0.830. The van der Waals surface area contributed by atoms with E-state index in [0.717, 1.165) is 0 Å². The van der Waals surface area contributed by atoms with Crippen LogP contribution in [0.15, 0.2) is 4.52 Å². The predicted molar refractivity (Wildman–Crippen MR) is 89.3 cm³/mol. The van der Waals surface area contributed by atoms with Crippen LogP contribution in [-0.4, -0.2) is 34.7 Å². The van der Waals surface area contributed by atoms with Gasteiger partial charge in [0, 0.05) is 24.8 Å². The van der Waals surface area contributed by atoms with Crippen LogP contribution in [0.3, 0.4) is 0 Å². The van der Waals surface area contributed by atoms with Gasteiger partial charge in [0.25, 0.3) is 5.91 Å². The Morgan fingerprint density at radius 1 is 1.25 bits per heavy atom. The number of carbonyl (C=O) groups is 2. The lowest BCUT2D eigenvalue weighted by molar-refractivity contribution is -0.154. The highest BCUT2D eigenvalue weighted by molar-refractivity contribution is 5.83. The van der Waals surface area contributed by atoms with Crippen LogP contribution in [0.5, 0.6) is 0 Å². The van der Waals surface area contributed by atoms with Crippen molar-refractivity contribution in [3.8, 4) is 0 Å². The molecule has 0 radical (unpaired) electrons. The zero-order valence-corrected chi connectivity index (χ0v) is 15.5. The zero-order chi connectivity index (χ0) is 18.3. The number of esters is 1. The smallest absolute Gasteiger partial charge is 0.306 e. The summed E-state index contributed by atoms with van der Waals surface area (Å²) in [6, 6.07) is 0. The van der Waals surface area contributed by atoms with Crippen LogP contribution in [0.25, 0.3) is 0 Å². The summed E-state index contributed by atoms with van der Waals surface area (Å²) in [4.78, 5) is 27.8. The van der Waals surface area contributed by atoms with Crippen molar-refractivity contribution in [1.82, 2.24) is 15.5 Å². The van der Waals surface area contributed by atoms with E-state index in [1.807, 2.05) is 34.6 Å². The van der Waals surface area contributed by atoms with Crippen LogP contribution in [0, 0.1) is 5.92 Å². The van der Waals surface area contributed by atoms with E-state index in [9.17, 15) is 9.59 Å². The standard InChI is InChI=1S/C17H29N3O4/c1-11(2)10-18-15(22)12(3)23-14(21)9-7-8-13-19-16(20-24-13)17(4,5)6/h11-12H,7-10H2,1-6H3,(H,18,22). The van der Waals surface area contributed by atoms with Crippen molar-refractivity contribution in [2.45, 2.75) is 72.3 Å². The summed E-state index contributed by atoms with van der Waals surface area (Å²) in [6.07, 6.45) is 0.457. The molecule has 0 aliphatic heterocycles. The topological polar surface area (TPSA) is 94.3 Å². The number of nitrogens with one attached hydrogen (secondary N) is 1. The molecule has 1 rings (SSSR count). The van der Waals surface area contributed by atoms with E-state index < -0.39 is 12.1 Å². The van der Waals surface area contributed by atoms with Crippen molar-refractivity contribution < 1.29 is 18.8 Å². The lowest BCUT2D eigenvalue weighted by Crippen LogP contribution is -2.37. The Hall–Kier alpha value is -1.92. The molecule has 1 amide bonds. The predicted octanol–water partition coefficient (Wildman–Crippen LogP) is 2.39. The quantitative estimate of drug-likeness (QED) is 0.731. The highest BCUT2D eigenvalue weighted by Crippen LogP contribution is 2.19. The van der Waals surface area contributed by atoms with E-state index in [2.05, 4.69) is 15.5 Å².